The van der Waals surface area contributed by atoms with Gasteiger partial charge < -0.3 is 14.1 Å². The highest BCUT2D eigenvalue weighted by atomic mass is 19.1. The molecule has 5 rings (SSSR count). The first-order chi connectivity index (χ1) is 13.2. The average molecular weight is 364 g/mol. The summed E-state index contributed by atoms with van der Waals surface area (Å²) >= 11 is 0. The number of rotatable bonds is 4. The topological polar surface area (TPSA) is 45.6 Å². The standard InChI is InChI=1S/C21H21FN4O/c22-15-4-5-21-24-16(14-26(21)12-15)13-25-10-7-17(8-11-25)27-20-3-1-2-19-18(20)6-9-23-19/h1-6,9,12,14,17,23H,7-8,10-11,13H2. The van der Waals surface area contributed by atoms with Gasteiger partial charge in [0, 0.05) is 49.1 Å². The number of aromatic amines is 1. The molecule has 1 N–H and O–H groups in total. The Morgan fingerprint density at radius 1 is 1.11 bits per heavy atom. The monoisotopic (exact) mass is 364 g/mol. The Balaban J connectivity index is 1.21. The molecule has 4 aromatic rings. The van der Waals surface area contributed by atoms with Gasteiger partial charge in [-0.15, -0.1) is 0 Å². The third kappa shape index (κ3) is 3.28. The second-order valence-corrected chi connectivity index (χ2v) is 7.13. The molecule has 27 heavy (non-hydrogen) atoms. The van der Waals surface area contributed by atoms with Crippen LogP contribution in [0.1, 0.15) is 18.5 Å². The maximum atomic E-state index is 13.3. The Hall–Kier alpha value is -2.86. The number of halogens is 1. The molecule has 1 saturated heterocycles. The molecular formula is C21H21FN4O. The number of benzene rings is 1. The lowest BCUT2D eigenvalue weighted by Crippen LogP contribution is -2.37. The second-order valence-electron chi connectivity index (χ2n) is 7.13. The maximum Gasteiger partial charge on any atom is 0.139 e. The molecule has 1 fully saturated rings. The van der Waals surface area contributed by atoms with Crippen LogP contribution < -0.4 is 4.74 Å². The van der Waals surface area contributed by atoms with Crippen LogP contribution in [0.15, 0.2) is 55.0 Å². The number of nitrogens with zero attached hydrogens (tertiary/aromatic N) is 3. The van der Waals surface area contributed by atoms with E-state index in [4.69, 9.17) is 4.74 Å². The molecule has 5 nitrogen and oxygen atoms in total. The molecule has 1 aromatic carbocycles. The van der Waals surface area contributed by atoms with Crippen LogP contribution in [-0.4, -0.2) is 38.5 Å². The third-order valence-corrected chi connectivity index (χ3v) is 5.23. The van der Waals surface area contributed by atoms with E-state index in [9.17, 15) is 4.39 Å². The molecule has 0 atom stereocenters. The minimum absolute atomic E-state index is 0.233. The summed E-state index contributed by atoms with van der Waals surface area (Å²) in [6.45, 7) is 2.72. The third-order valence-electron chi connectivity index (χ3n) is 5.23. The van der Waals surface area contributed by atoms with E-state index >= 15 is 0 Å². The molecule has 0 bridgehead atoms. The fourth-order valence-electron chi connectivity index (χ4n) is 3.85. The maximum absolute atomic E-state index is 13.3. The highest BCUT2D eigenvalue weighted by molar-refractivity contribution is 5.85. The van der Waals surface area contributed by atoms with Gasteiger partial charge in [-0.05, 0) is 43.2 Å². The van der Waals surface area contributed by atoms with E-state index in [-0.39, 0.29) is 11.9 Å². The van der Waals surface area contributed by atoms with E-state index in [1.807, 2.05) is 24.5 Å². The van der Waals surface area contributed by atoms with Gasteiger partial charge in [0.15, 0.2) is 0 Å². The summed E-state index contributed by atoms with van der Waals surface area (Å²) in [5, 5.41) is 1.14. The van der Waals surface area contributed by atoms with Crippen molar-refractivity contribution >= 4 is 16.6 Å². The normalized spacial score (nSPS) is 16.3. The molecule has 0 amide bonds. The summed E-state index contributed by atoms with van der Waals surface area (Å²) < 4.78 is 21.4. The van der Waals surface area contributed by atoms with Crippen molar-refractivity contribution in [3.63, 3.8) is 0 Å². The number of hydrogen-bond donors (Lipinski definition) is 1. The van der Waals surface area contributed by atoms with Gasteiger partial charge in [0.05, 0.1) is 5.69 Å². The Morgan fingerprint density at radius 2 is 2.00 bits per heavy atom. The number of piperidine rings is 1. The van der Waals surface area contributed by atoms with Gasteiger partial charge in [0.1, 0.15) is 23.3 Å². The van der Waals surface area contributed by atoms with Gasteiger partial charge in [-0.1, -0.05) is 6.07 Å². The number of aromatic nitrogens is 3. The molecule has 1 aliphatic rings. The van der Waals surface area contributed by atoms with Crippen LogP contribution in [0.4, 0.5) is 4.39 Å². The zero-order valence-corrected chi connectivity index (χ0v) is 14.9. The molecule has 0 spiro atoms. The van der Waals surface area contributed by atoms with E-state index < -0.39 is 0 Å². The lowest BCUT2D eigenvalue weighted by atomic mass is 10.1. The van der Waals surface area contributed by atoms with Crippen molar-refractivity contribution in [3.8, 4) is 5.75 Å². The number of nitrogens with one attached hydrogen (secondary N) is 1. The molecule has 0 radical (unpaired) electrons. The molecule has 0 saturated carbocycles. The van der Waals surface area contributed by atoms with E-state index in [0.717, 1.165) is 60.5 Å². The summed E-state index contributed by atoms with van der Waals surface area (Å²) in [6, 6.07) is 11.3. The summed E-state index contributed by atoms with van der Waals surface area (Å²) in [4.78, 5) is 10.2. The van der Waals surface area contributed by atoms with Crippen molar-refractivity contribution in [2.45, 2.75) is 25.5 Å². The van der Waals surface area contributed by atoms with Crippen molar-refractivity contribution in [2.75, 3.05) is 13.1 Å². The number of H-pyrrole nitrogens is 1. The van der Waals surface area contributed by atoms with Crippen molar-refractivity contribution in [1.82, 2.24) is 19.3 Å². The van der Waals surface area contributed by atoms with Crippen LogP contribution in [0.3, 0.4) is 0 Å². The largest absolute Gasteiger partial charge is 0.490 e. The van der Waals surface area contributed by atoms with Crippen molar-refractivity contribution < 1.29 is 9.13 Å². The van der Waals surface area contributed by atoms with Gasteiger partial charge >= 0.3 is 0 Å². The predicted molar refractivity (Wildman–Crippen MR) is 102 cm³/mol. The Labute approximate surface area is 156 Å². The minimum Gasteiger partial charge on any atom is -0.490 e. The highest BCUT2D eigenvalue weighted by Gasteiger charge is 2.22. The van der Waals surface area contributed by atoms with Gasteiger partial charge in [-0.25, -0.2) is 9.37 Å². The fraction of sp³-hybridized carbons (Fsp3) is 0.286. The Morgan fingerprint density at radius 3 is 2.89 bits per heavy atom. The van der Waals surface area contributed by atoms with Gasteiger partial charge in [0.2, 0.25) is 0 Å². The van der Waals surface area contributed by atoms with Crippen LogP contribution in [0.25, 0.3) is 16.6 Å². The number of likely N-dealkylation sites (tertiary alicyclic amines) is 1. The lowest BCUT2D eigenvalue weighted by molar-refractivity contribution is 0.0974. The Kier molecular flexibility index (Phi) is 4.05. The SMILES string of the molecule is Fc1ccc2nc(CN3CCC(Oc4cccc5[nH]ccc45)CC3)cn2c1. The van der Waals surface area contributed by atoms with Crippen LogP contribution in [-0.2, 0) is 6.54 Å². The zero-order chi connectivity index (χ0) is 18.2. The van der Waals surface area contributed by atoms with Crippen LogP contribution in [0, 0.1) is 5.82 Å². The number of pyridine rings is 1. The molecule has 6 heteroatoms. The zero-order valence-electron chi connectivity index (χ0n) is 14.9. The summed E-state index contributed by atoms with van der Waals surface area (Å²) in [6.07, 6.45) is 7.53. The van der Waals surface area contributed by atoms with Gasteiger partial charge in [0.25, 0.3) is 0 Å². The predicted octanol–water partition coefficient (Wildman–Crippen LogP) is 4.00. The first-order valence-corrected chi connectivity index (χ1v) is 9.33. The second kappa shape index (κ2) is 6.70. The number of imidazole rings is 1. The van der Waals surface area contributed by atoms with E-state index in [2.05, 4.69) is 27.0 Å². The van der Waals surface area contributed by atoms with Crippen LogP contribution >= 0.6 is 0 Å². The molecular weight excluding hydrogens is 343 g/mol. The highest BCUT2D eigenvalue weighted by Crippen LogP contribution is 2.27. The summed E-state index contributed by atoms with van der Waals surface area (Å²) in [5.41, 5.74) is 2.86. The van der Waals surface area contributed by atoms with Crippen LogP contribution in [0.5, 0.6) is 5.75 Å². The van der Waals surface area contributed by atoms with Crippen molar-refractivity contribution in [1.29, 1.82) is 0 Å². The molecule has 1 aliphatic heterocycles. The summed E-state index contributed by atoms with van der Waals surface area (Å²) in [5.74, 6) is 0.705. The fourth-order valence-corrected chi connectivity index (χ4v) is 3.85. The van der Waals surface area contributed by atoms with Gasteiger partial charge in [-0.3, -0.25) is 4.90 Å². The molecule has 0 unspecified atom stereocenters. The number of fused-ring (bicyclic) bond motifs is 2. The molecule has 3 aromatic heterocycles. The smallest absolute Gasteiger partial charge is 0.139 e. The number of ether oxygens (including phenoxy) is 1. The molecule has 0 aliphatic carbocycles. The first kappa shape index (κ1) is 16.3. The summed E-state index contributed by atoms with van der Waals surface area (Å²) in [7, 11) is 0. The number of hydrogen-bond acceptors (Lipinski definition) is 3. The van der Waals surface area contributed by atoms with E-state index in [0.29, 0.717) is 0 Å². The van der Waals surface area contributed by atoms with E-state index in [1.165, 1.54) is 12.3 Å². The van der Waals surface area contributed by atoms with E-state index in [1.54, 1.807) is 10.5 Å². The average Bonchev–Trinajstić information content (AvgIpc) is 3.30. The first-order valence-electron chi connectivity index (χ1n) is 9.33. The molecule has 138 valence electrons. The lowest BCUT2D eigenvalue weighted by Gasteiger charge is -2.31. The van der Waals surface area contributed by atoms with Crippen LogP contribution in [0.2, 0.25) is 0 Å². The van der Waals surface area contributed by atoms with Crippen molar-refractivity contribution in [2.24, 2.45) is 0 Å². The molecule has 4 heterocycles. The quantitative estimate of drug-likeness (QED) is 0.595. The Bertz CT molecular complexity index is 1080. The van der Waals surface area contributed by atoms with Crippen molar-refractivity contribution in [3.05, 3.63) is 66.5 Å². The minimum atomic E-state index is -0.248. The van der Waals surface area contributed by atoms with Gasteiger partial charge in [-0.2, -0.15) is 0 Å².